The summed E-state index contributed by atoms with van der Waals surface area (Å²) in [5.41, 5.74) is 0. The van der Waals surface area contributed by atoms with E-state index < -0.39 is 11.9 Å². The van der Waals surface area contributed by atoms with Crippen LogP contribution >= 0.6 is 0 Å². The van der Waals surface area contributed by atoms with Gasteiger partial charge in [0, 0.05) is 12.7 Å². The van der Waals surface area contributed by atoms with Gasteiger partial charge in [0.2, 0.25) is 5.91 Å². The standard InChI is InChI=1S/C9H14N4O3/c1-7(9(15)16)2-3-10-8(14)6-13-5-4-11-12-13/h4-5,7H,2-3,6H2,1H3,(H,10,14)(H,15,16). The topological polar surface area (TPSA) is 97.1 Å². The van der Waals surface area contributed by atoms with E-state index in [2.05, 4.69) is 15.6 Å². The Bertz CT molecular complexity index is 350. The first kappa shape index (κ1) is 12.2. The third-order valence-corrected chi connectivity index (χ3v) is 2.10. The number of aliphatic carboxylic acids is 1. The summed E-state index contributed by atoms with van der Waals surface area (Å²) in [7, 11) is 0. The van der Waals surface area contributed by atoms with Gasteiger partial charge < -0.3 is 10.4 Å². The fourth-order valence-electron chi connectivity index (χ4n) is 1.07. The average Bonchev–Trinajstić information content (AvgIpc) is 2.70. The van der Waals surface area contributed by atoms with Gasteiger partial charge in [-0.05, 0) is 6.42 Å². The lowest BCUT2D eigenvalue weighted by molar-refractivity contribution is -0.141. The van der Waals surface area contributed by atoms with Crippen molar-refractivity contribution in [2.24, 2.45) is 5.92 Å². The summed E-state index contributed by atoms with van der Waals surface area (Å²) in [6.07, 6.45) is 3.48. The molecule has 0 saturated carbocycles. The number of hydrogen-bond donors (Lipinski definition) is 2. The number of amides is 1. The second kappa shape index (κ2) is 5.84. The van der Waals surface area contributed by atoms with Crippen molar-refractivity contribution >= 4 is 11.9 Å². The predicted molar refractivity (Wildman–Crippen MR) is 54.4 cm³/mol. The van der Waals surface area contributed by atoms with E-state index in [4.69, 9.17) is 5.11 Å². The number of carboxylic acid groups (broad SMARTS) is 1. The van der Waals surface area contributed by atoms with Crippen molar-refractivity contribution in [3.63, 3.8) is 0 Å². The highest BCUT2D eigenvalue weighted by atomic mass is 16.4. The monoisotopic (exact) mass is 226 g/mol. The minimum absolute atomic E-state index is 0.0987. The second-order valence-electron chi connectivity index (χ2n) is 3.48. The number of rotatable bonds is 6. The van der Waals surface area contributed by atoms with Crippen LogP contribution in [0, 0.1) is 5.92 Å². The molecule has 1 aromatic heterocycles. The molecule has 1 heterocycles. The molecule has 0 saturated heterocycles. The minimum atomic E-state index is -0.856. The Labute approximate surface area is 92.4 Å². The molecule has 2 N–H and O–H groups in total. The van der Waals surface area contributed by atoms with E-state index in [0.29, 0.717) is 13.0 Å². The maximum atomic E-state index is 11.3. The summed E-state index contributed by atoms with van der Waals surface area (Å²) in [6.45, 7) is 2.05. The van der Waals surface area contributed by atoms with Crippen LogP contribution in [0.2, 0.25) is 0 Å². The van der Waals surface area contributed by atoms with Crippen molar-refractivity contribution in [1.82, 2.24) is 20.3 Å². The van der Waals surface area contributed by atoms with Gasteiger partial charge in [0.15, 0.2) is 0 Å². The van der Waals surface area contributed by atoms with E-state index in [9.17, 15) is 9.59 Å². The van der Waals surface area contributed by atoms with Crippen LogP contribution in [-0.2, 0) is 16.1 Å². The second-order valence-corrected chi connectivity index (χ2v) is 3.48. The predicted octanol–water partition coefficient (Wildman–Crippen LogP) is -0.495. The largest absolute Gasteiger partial charge is 0.481 e. The molecule has 0 aliphatic rings. The Hall–Kier alpha value is -1.92. The molecule has 1 unspecified atom stereocenters. The van der Waals surface area contributed by atoms with Gasteiger partial charge in [0.1, 0.15) is 6.54 Å². The Morgan fingerprint density at radius 3 is 2.88 bits per heavy atom. The zero-order valence-electron chi connectivity index (χ0n) is 8.96. The van der Waals surface area contributed by atoms with Crippen LogP contribution in [0.4, 0.5) is 0 Å². The van der Waals surface area contributed by atoms with E-state index >= 15 is 0 Å². The summed E-state index contributed by atoms with van der Waals surface area (Å²) in [5, 5.41) is 18.4. The third-order valence-electron chi connectivity index (χ3n) is 2.10. The molecule has 7 heteroatoms. The maximum Gasteiger partial charge on any atom is 0.306 e. The van der Waals surface area contributed by atoms with Gasteiger partial charge in [-0.15, -0.1) is 5.10 Å². The van der Waals surface area contributed by atoms with Crippen LogP contribution < -0.4 is 5.32 Å². The highest BCUT2D eigenvalue weighted by Crippen LogP contribution is 1.99. The van der Waals surface area contributed by atoms with E-state index in [-0.39, 0.29) is 12.5 Å². The Morgan fingerprint density at radius 1 is 1.56 bits per heavy atom. The lowest BCUT2D eigenvalue weighted by Gasteiger charge is -2.07. The molecule has 16 heavy (non-hydrogen) atoms. The summed E-state index contributed by atoms with van der Waals surface area (Å²) in [6, 6.07) is 0. The number of carboxylic acids is 1. The van der Waals surface area contributed by atoms with Crippen LogP contribution in [0.5, 0.6) is 0 Å². The summed E-state index contributed by atoms with van der Waals surface area (Å²) in [4.78, 5) is 21.8. The van der Waals surface area contributed by atoms with E-state index in [1.54, 1.807) is 13.1 Å². The van der Waals surface area contributed by atoms with Crippen LogP contribution in [0.1, 0.15) is 13.3 Å². The summed E-state index contributed by atoms with van der Waals surface area (Å²) < 4.78 is 1.40. The lowest BCUT2D eigenvalue weighted by atomic mass is 10.1. The zero-order chi connectivity index (χ0) is 12.0. The average molecular weight is 226 g/mol. The number of aromatic nitrogens is 3. The van der Waals surface area contributed by atoms with Crippen molar-refractivity contribution in [3.05, 3.63) is 12.4 Å². The molecular weight excluding hydrogens is 212 g/mol. The molecule has 88 valence electrons. The number of carbonyl (C=O) groups is 2. The molecular formula is C9H14N4O3. The fraction of sp³-hybridized carbons (Fsp3) is 0.556. The number of hydrogen-bond acceptors (Lipinski definition) is 4. The molecule has 0 radical (unpaired) electrons. The number of nitrogens with zero attached hydrogens (tertiary/aromatic N) is 3. The van der Waals surface area contributed by atoms with E-state index in [1.807, 2.05) is 0 Å². The van der Waals surface area contributed by atoms with Crippen LogP contribution in [0.15, 0.2) is 12.4 Å². The summed E-state index contributed by atoms with van der Waals surface area (Å²) >= 11 is 0. The normalized spacial score (nSPS) is 12.1. The van der Waals surface area contributed by atoms with Crippen molar-refractivity contribution in [3.8, 4) is 0 Å². The van der Waals surface area contributed by atoms with Crippen LogP contribution in [-0.4, -0.2) is 38.5 Å². The van der Waals surface area contributed by atoms with Gasteiger partial charge in [-0.3, -0.25) is 9.59 Å². The fourth-order valence-corrected chi connectivity index (χ4v) is 1.07. The minimum Gasteiger partial charge on any atom is -0.481 e. The van der Waals surface area contributed by atoms with Crippen molar-refractivity contribution in [2.75, 3.05) is 6.54 Å². The van der Waals surface area contributed by atoms with Gasteiger partial charge in [0.05, 0.1) is 12.1 Å². The molecule has 7 nitrogen and oxygen atoms in total. The smallest absolute Gasteiger partial charge is 0.306 e. The Balaban J connectivity index is 2.18. The zero-order valence-corrected chi connectivity index (χ0v) is 8.96. The lowest BCUT2D eigenvalue weighted by Crippen LogP contribution is -2.30. The van der Waals surface area contributed by atoms with Crippen LogP contribution in [0.25, 0.3) is 0 Å². The molecule has 0 bridgehead atoms. The van der Waals surface area contributed by atoms with Gasteiger partial charge >= 0.3 is 5.97 Å². The molecule has 0 aromatic carbocycles. The third kappa shape index (κ3) is 4.07. The van der Waals surface area contributed by atoms with Crippen molar-refractivity contribution in [2.45, 2.75) is 19.9 Å². The van der Waals surface area contributed by atoms with Crippen molar-refractivity contribution < 1.29 is 14.7 Å². The van der Waals surface area contributed by atoms with Gasteiger partial charge in [-0.2, -0.15) is 0 Å². The van der Waals surface area contributed by atoms with E-state index in [1.165, 1.54) is 10.9 Å². The van der Waals surface area contributed by atoms with Gasteiger partial charge in [0.25, 0.3) is 0 Å². The van der Waals surface area contributed by atoms with E-state index in [0.717, 1.165) is 0 Å². The molecule has 1 rings (SSSR count). The van der Waals surface area contributed by atoms with Crippen molar-refractivity contribution in [1.29, 1.82) is 0 Å². The van der Waals surface area contributed by atoms with Gasteiger partial charge in [-0.1, -0.05) is 12.1 Å². The maximum absolute atomic E-state index is 11.3. The summed E-state index contributed by atoms with van der Waals surface area (Å²) in [5.74, 6) is -1.51. The highest BCUT2D eigenvalue weighted by molar-refractivity contribution is 5.75. The molecule has 0 fully saturated rings. The molecule has 1 amide bonds. The van der Waals surface area contributed by atoms with Crippen LogP contribution in [0.3, 0.4) is 0 Å². The molecule has 1 atom stereocenters. The molecule has 0 aliphatic carbocycles. The quantitative estimate of drug-likeness (QED) is 0.681. The van der Waals surface area contributed by atoms with Gasteiger partial charge in [-0.25, -0.2) is 4.68 Å². The Kier molecular flexibility index (Phi) is 4.43. The first-order valence-electron chi connectivity index (χ1n) is 4.93. The highest BCUT2D eigenvalue weighted by Gasteiger charge is 2.10. The first-order chi connectivity index (χ1) is 7.59. The first-order valence-corrected chi connectivity index (χ1v) is 4.93. The molecule has 0 spiro atoms. The Morgan fingerprint density at radius 2 is 2.31 bits per heavy atom. The SMILES string of the molecule is CC(CCNC(=O)Cn1ccnn1)C(=O)O. The number of carbonyl (C=O) groups excluding carboxylic acids is 1. The number of nitrogens with one attached hydrogen (secondary N) is 1. The molecule has 1 aromatic rings. The molecule has 0 aliphatic heterocycles.